The second kappa shape index (κ2) is 8.53. The number of hydrogen-bond acceptors (Lipinski definition) is 5. The third kappa shape index (κ3) is 3.77. The Morgan fingerprint density at radius 2 is 1.94 bits per heavy atom. The van der Waals surface area contributed by atoms with Gasteiger partial charge in [0.1, 0.15) is 6.33 Å². The van der Waals surface area contributed by atoms with Crippen LogP contribution in [-0.2, 0) is 12.1 Å². The number of carbonyl (C=O) groups is 1. The van der Waals surface area contributed by atoms with Crippen molar-refractivity contribution in [2.24, 2.45) is 0 Å². The van der Waals surface area contributed by atoms with Crippen LogP contribution in [0.25, 0.3) is 10.9 Å². The molecule has 0 saturated carbocycles. The Morgan fingerprint density at radius 1 is 1.12 bits per heavy atom. The summed E-state index contributed by atoms with van der Waals surface area (Å²) in [4.78, 5) is 26.9. The molecule has 2 aromatic heterocycles. The summed E-state index contributed by atoms with van der Waals surface area (Å²) >= 11 is 0. The molecule has 7 nitrogen and oxygen atoms in total. The maximum atomic E-state index is 13.5. The van der Waals surface area contributed by atoms with Crippen molar-refractivity contribution in [3.63, 3.8) is 0 Å². The summed E-state index contributed by atoms with van der Waals surface area (Å²) in [6.07, 6.45) is 6.72. The smallest absolute Gasteiger partial charge is 0.252 e. The summed E-state index contributed by atoms with van der Waals surface area (Å²) in [5.41, 5.74) is 2.53. The van der Waals surface area contributed by atoms with Gasteiger partial charge in [-0.15, -0.1) is 0 Å². The maximum absolute atomic E-state index is 13.5. The molecule has 1 saturated heterocycles. The Labute approximate surface area is 186 Å². The lowest BCUT2D eigenvalue weighted by Gasteiger charge is -2.46. The molecule has 3 heterocycles. The summed E-state index contributed by atoms with van der Waals surface area (Å²) in [6, 6.07) is 17.3. The molecule has 1 amide bonds. The van der Waals surface area contributed by atoms with Crippen LogP contribution in [0.2, 0.25) is 0 Å². The van der Waals surface area contributed by atoms with Crippen LogP contribution in [0.5, 0.6) is 0 Å². The lowest BCUT2D eigenvalue weighted by Crippen LogP contribution is -2.61. The van der Waals surface area contributed by atoms with Crippen molar-refractivity contribution in [2.75, 3.05) is 13.1 Å². The van der Waals surface area contributed by atoms with E-state index < -0.39 is 11.6 Å². The Bertz CT molecular complexity index is 1210. The molecule has 2 atom stereocenters. The number of aromatic nitrogens is 3. The van der Waals surface area contributed by atoms with E-state index in [1.807, 2.05) is 60.8 Å². The number of piperidine rings is 1. The molecule has 1 fully saturated rings. The van der Waals surface area contributed by atoms with Crippen LogP contribution in [0.1, 0.15) is 27.9 Å². The van der Waals surface area contributed by atoms with Gasteiger partial charge in [0, 0.05) is 60.3 Å². The quantitative estimate of drug-likeness (QED) is 0.455. The number of hydrogen-bond donors (Lipinski definition) is 3. The Hall–Kier alpha value is -3.55. The number of β-amino-alcohol motifs (C(OH)–C–C–N with tert-alkyl or cyclic N) is 1. The summed E-state index contributed by atoms with van der Waals surface area (Å²) in [5.74, 6) is -0.192. The number of H-pyrrole nitrogens is 1. The number of nitrogens with zero attached hydrogens (tertiary/aromatic N) is 3. The zero-order valence-electron chi connectivity index (χ0n) is 17.6. The van der Waals surface area contributed by atoms with Crippen LogP contribution >= 0.6 is 0 Å². The first kappa shape index (κ1) is 20.4. The predicted molar refractivity (Wildman–Crippen MR) is 122 cm³/mol. The van der Waals surface area contributed by atoms with Gasteiger partial charge in [-0.05, 0) is 30.2 Å². The number of aliphatic hydroxyl groups is 1. The molecule has 1 aliphatic heterocycles. The van der Waals surface area contributed by atoms with E-state index in [1.54, 1.807) is 12.4 Å². The fourth-order valence-corrected chi connectivity index (χ4v) is 4.65. The van der Waals surface area contributed by atoms with Crippen LogP contribution in [-0.4, -0.2) is 50.1 Å². The zero-order chi connectivity index (χ0) is 22.0. The maximum Gasteiger partial charge on any atom is 0.252 e. The second-order valence-electron chi connectivity index (χ2n) is 8.28. The van der Waals surface area contributed by atoms with Gasteiger partial charge < -0.3 is 15.4 Å². The zero-order valence-corrected chi connectivity index (χ0v) is 17.6. The number of fused-ring (bicyclic) bond motifs is 1. The first-order chi connectivity index (χ1) is 15.7. The number of nitrogens with one attached hydrogen (secondary N) is 2. The molecular formula is C25H25N5O2. The number of carbonyl (C=O) groups excluding carboxylic acids is 1. The number of benzene rings is 2. The van der Waals surface area contributed by atoms with Crippen molar-refractivity contribution in [1.82, 2.24) is 25.2 Å². The van der Waals surface area contributed by atoms with Crippen molar-refractivity contribution < 1.29 is 9.90 Å². The first-order valence-corrected chi connectivity index (χ1v) is 10.7. The van der Waals surface area contributed by atoms with Crippen LogP contribution in [0, 0.1) is 0 Å². The van der Waals surface area contributed by atoms with Crippen molar-refractivity contribution in [3.05, 3.63) is 96.2 Å². The Balaban J connectivity index is 1.44. The van der Waals surface area contributed by atoms with E-state index in [0.29, 0.717) is 25.1 Å². The van der Waals surface area contributed by atoms with Crippen LogP contribution in [0.4, 0.5) is 0 Å². The summed E-state index contributed by atoms with van der Waals surface area (Å²) in [6.45, 7) is 1.80. The minimum Gasteiger partial charge on any atom is -0.389 e. The standard InChI is InChI=1S/C25H25N5O2/c31-23-16-30(15-18-13-26-17-27-14-18)12-10-25(23,19-5-2-1-3-6-19)29-24(32)21-7-4-8-22-20(21)9-11-28-22/h1-9,11,13-14,17,23,28,31H,10,12,15-16H2,(H,29,32)/t23-,25+/m1/s1. The van der Waals surface area contributed by atoms with Gasteiger partial charge in [0.15, 0.2) is 0 Å². The highest BCUT2D eigenvalue weighted by atomic mass is 16.3. The minimum absolute atomic E-state index is 0.192. The Morgan fingerprint density at radius 3 is 2.72 bits per heavy atom. The van der Waals surface area contributed by atoms with Gasteiger partial charge in [-0.3, -0.25) is 9.69 Å². The van der Waals surface area contributed by atoms with Gasteiger partial charge in [0.2, 0.25) is 0 Å². The van der Waals surface area contributed by atoms with E-state index in [-0.39, 0.29) is 5.91 Å². The van der Waals surface area contributed by atoms with Crippen molar-refractivity contribution in [2.45, 2.75) is 24.6 Å². The summed E-state index contributed by atoms with van der Waals surface area (Å²) < 4.78 is 0. The highest BCUT2D eigenvalue weighted by Gasteiger charge is 2.45. The third-order valence-electron chi connectivity index (χ3n) is 6.31. The number of aliphatic hydroxyl groups excluding tert-OH is 1. The SMILES string of the molecule is O=C(N[C@]1(c2ccccc2)CCN(Cc2cncnc2)C[C@H]1O)c1cccc2[nH]ccc12. The van der Waals surface area contributed by atoms with Gasteiger partial charge in [-0.1, -0.05) is 36.4 Å². The van der Waals surface area contributed by atoms with E-state index in [1.165, 1.54) is 6.33 Å². The molecule has 0 bridgehead atoms. The molecule has 0 spiro atoms. The van der Waals surface area contributed by atoms with E-state index >= 15 is 0 Å². The molecule has 0 radical (unpaired) electrons. The summed E-state index contributed by atoms with van der Waals surface area (Å²) in [5, 5.41) is 15.5. The monoisotopic (exact) mass is 427 g/mol. The molecule has 0 unspecified atom stereocenters. The molecule has 1 aliphatic rings. The topological polar surface area (TPSA) is 94.1 Å². The van der Waals surface area contributed by atoms with Crippen LogP contribution in [0.3, 0.4) is 0 Å². The molecule has 32 heavy (non-hydrogen) atoms. The second-order valence-corrected chi connectivity index (χ2v) is 8.28. The molecule has 2 aromatic carbocycles. The number of rotatable bonds is 5. The minimum atomic E-state index is -0.875. The van der Waals surface area contributed by atoms with Gasteiger partial charge in [0.25, 0.3) is 5.91 Å². The lowest BCUT2D eigenvalue weighted by molar-refractivity contribution is -0.0181. The van der Waals surface area contributed by atoms with Gasteiger partial charge in [-0.2, -0.15) is 0 Å². The van der Waals surface area contributed by atoms with E-state index in [9.17, 15) is 9.90 Å². The average molecular weight is 428 g/mol. The third-order valence-corrected chi connectivity index (χ3v) is 6.31. The van der Waals surface area contributed by atoms with Gasteiger partial charge in [-0.25, -0.2) is 9.97 Å². The van der Waals surface area contributed by atoms with E-state index in [2.05, 4.69) is 25.2 Å². The molecule has 162 valence electrons. The first-order valence-electron chi connectivity index (χ1n) is 10.7. The largest absolute Gasteiger partial charge is 0.389 e. The lowest BCUT2D eigenvalue weighted by atomic mass is 9.78. The number of likely N-dealkylation sites (tertiary alicyclic amines) is 1. The highest BCUT2D eigenvalue weighted by molar-refractivity contribution is 6.06. The van der Waals surface area contributed by atoms with E-state index in [0.717, 1.165) is 28.6 Å². The molecule has 4 aromatic rings. The molecule has 5 rings (SSSR count). The van der Waals surface area contributed by atoms with Crippen molar-refractivity contribution >= 4 is 16.8 Å². The normalized spacial score (nSPS) is 21.5. The summed E-state index contributed by atoms with van der Waals surface area (Å²) in [7, 11) is 0. The van der Waals surface area contributed by atoms with Gasteiger partial charge in [0.05, 0.1) is 11.6 Å². The predicted octanol–water partition coefficient (Wildman–Crippen LogP) is 2.85. The van der Waals surface area contributed by atoms with Crippen molar-refractivity contribution in [1.29, 1.82) is 0 Å². The van der Waals surface area contributed by atoms with Crippen LogP contribution in [0.15, 0.2) is 79.5 Å². The Kier molecular flexibility index (Phi) is 5.43. The molecule has 3 N–H and O–H groups in total. The molecule has 7 heteroatoms. The number of aromatic amines is 1. The van der Waals surface area contributed by atoms with Crippen LogP contribution < -0.4 is 5.32 Å². The number of amides is 1. The van der Waals surface area contributed by atoms with Crippen molar-refractivity contribution in [3.8, 4) is 0 Å². The fourth-order valence-electron chi connectivity index (χ4n) is 4.65. The van der Waals surface area contributed by atoms with Gasteiger partial charge >= 0.3 is 0 Å². The fraction of sp³-hybridized carbons (Fsp3) is 0.240. The molecule has 0 aliphatic carbocycles. The highest BCUT2D eigenvalue weighted by Crippen LogP contribution is 2.34. The van der Waals surface area contributed by atoms with E-state index in [4.69, 9.17) is 0 Å². The molecular weight excluding hydrogens is 402 g/mol. The average Bonchev–Trinajstić information content (AvgIpc) is 3.31.